The number of aliphatic hydroxyl groups is 1. The smallest absolute Gasteiger partial charge is 0.397 e. The lowest BCUT2D eigenvalue weighted by molar-refractivity contribution is -0.115. The summed E-state index contributed by atoms with van der Waals surface area (Å²) < 4.78 is 0. The second-order valence-corrected chi connectivity index (χ2v) is 4.45. The van der Waals surface area contributed by atoms with Gasteiger partial charge in [0, 0.05) is 17.5 Å². The van der Waals surface area contributed by atoms with Gasteiger partial charge in [0.15, 0.2) is 4.98 Å². The maximum Gasteiger partial charge on any atom is 0.397 e. The molecule has 114 valence electrons. The van der Waals surface area contributed by atoms with Gasteiger partial charge in [-0.1, -0.05) is 18.2 Å². The van der Waals surface area contributed by atoms with Gasteiger partial charge in [-0.25, -0.2) is 0 Å². The number of carbonyl (C=O) groups excluding carboxylic acids is 1. The summed E-state index contributed by atoms with van der Waals surface area (Å²) in [6, 6.07) is 13.3. The van der Waals surface area contributed by atoms with Crippen molar-refractivity contribution in [2.75, 3.05) is 5.32 Å². The quantitative estimate of drug-likeness (QED) is 0.348. The minimum atomic E-state index is -0.815. The van der Waals surface area contributed by atoms with E-state index in [4.69, 9.17) is 5.39 Å². The molecule has 0 fully saturated rings. The molecule has 2 aromatic carbocycles. The molecule has 2 rings (SSSR count). The number of hydrogen-bond acceptors (Lipinski definition) is 5. The van der Waals surface area contributed by atoms with E-state index in [0.717, 1.165) is 0 Å². The maximum absolute atomic E-state index is 11.6. The molecular formula is C16H13N4O3+. The van der Waals surface area contributed by atoms with Crippen LogP contribution >= 0.6 is 0 Å². The van der Waals surface area contributed by atoms with E-state index in [-0.39, 0.29) is 5.75 Å². The number of nitrogens with one attached hydrogen (secondary N) is 1. The minimum Gasteiger partial charge on any atom is -0.507 e. The third kappa shape index (κ3) is 4.41. The molecule has 0 aliphatic rings. The first-order chi connectivity index (χ1) is 11.1. The van der Waals surface area contributed by atoms with Crippen molar-refractivity contribution in [3.05, 3.63) is 71.0 Å². The lowest BCUT2D eigenvalue weighted by Gasteiger charge is -2.03. The molecule has 0 saturated carbocycles. The summed E-state index contributed by atoms with van der Waals surface area (Å²) in [5.74, 6) is -1.43. The van der Waals surface area contributed by atoms with Gasteiger partial charge >= 0.3 is 6.20 Å². The number of anilines is 1. The van der Waals surface area contributed by atoms with E-state index in [1.807, 2.05) is 0 Å². The first-order valence-electron chi connectivity index (χ1n) is 6.57. The molecular weight excluding hydrogens is 296 g/mol. The summed E-state index contributed by atoms with van der Waals surface area (Å²) in [5.41, 5.74) is 1.51. The summed E-state index contributed by atoms with van der Waals surface area (Å²) in [6.45, 7) is 0. The number of phenolic OH excluding ortho intramolecular Hbond substituents is 1. The van der Waals surface area contributed by atoms with Gasteiger partial charge in [-0.2, -0.15) is 0 Å². The highest BCUT2D eigenvalue weighted by atomic mass is 16.3. The number of aliphatic imine (C=N–C) groups is 1. The van der Waals surface area contributed by atoms with Gasteiger partial charge in [-0.15, -0.1) is 0 Å². The highest BCUT2D eigenvalue weighted by molar-refractivity contribution is 6.02. The normalized spacial score (nSPS) is 11.2. The van der Waals surface area contributed by atoms with Crippen LogP contribution in [0.2, 0.25) is 0 Å². The Kier molecular flexibility index (Phi) is 5.04. The van der Waals surface area contributed by atoms with E-state index in [9.17, 15) is 15.0 Å². The molecule has 3 N–H and O–H groups in total. The van der Waals surface area contributed by atoms with Gasteiger partial charge in [0.05, 0.1) is 5.69 Å². The van der Waals surface area contributed by atoms with Gasteiger partial charge in [0.1, 0.15) is 5.75 Å². The monoisotopic (exact) mass is 309 g/mol. The van der Waals surface area contributed by atoms with Crippen LogP contribution in [0.1, 0.15) is 5.56 Å². The lowest BCUT2D eigenvalue weighted by Crippen LogP contribution is -2.13. The third-order valence-electron chi connectivity index (χ3n) is 2.81. The fourth-order valence-corrected chi connectivity index (χ4v) is 1.71. The Morgan fingerprint density at radius 1 is 1.22 bits per heavy atom. The van der Waals surface area contributed by atoms with Crippen LogP contribution in [-0.4, -0.2) is 22.3 Å². The molecule has 23 heavy (non-hydrogen) atoms. The molecule has 0 saturated heterocycles. The third-order valence-corrected chi connectivity index (χ3v) is 2.81. The zero-order chi connectivity index (χ0) is 16.7. The van der Waals surface area contributed by atoms with Crippen molar-refractivity contribution >= 4 is 23.5 Å². The SMILES string of the molecule is N#[N+]/C=C(/O)C(=O)Nc1cccc(N=Cc2ccccc2O)c1. The lowest BCUT2D eigenvalue weighted by atomic mass is 10.2. The number of phenols is 1. The Bertz CT molecular complexity index is 822. The first kappa shape index (κ1) is 15.7. The van der Waals surface area contributed by atoms with Crippen molar-refractivity contribution in [1.29, 1.82) is 5.39 Å². The largest absolute Gasteiger partial charge is 0.507 e. The number of aliphatic hydroxyl groups excluding tert-OH is 1. The molecule has 0 unspecified atom stereocenters. The molecule has 0 aromatic heterocycles. The maximum atomic E-state index is 11.6. The van der Waals surface area contributed by atoms with Crippen LogP contribution in [0.3, 0.4) is 0 Å². The summed E-state index contributed by atoms with van der Waals surface area (Å²) >= 11 is 0. The number of hydrogen-bond donors (Lipinski definition) is 3. The van der Waals surface area contributed by atoms with Crippen molar-refractivity contribution in [1.82, 2.24) is 0 Å². The molecule has 7 heteroatoms. The zero-order valence-electron chi connectivity index (χ0n) is 11.9. The molecule has 0 spiro atoms. The summed E-state index contributed by atoms with van der Waals surface area (Å²) in [7, 11) is 0. The van der Waals surface area contributed by atoms with Crippen LogP contribution in [0, 0.1) is 5.39 Å². The highest BCUT2D eigenvalue weighted by Gasteiger charge is 2.12. The van der Waals surface area contributed by atoms with Gasteiger partial charge in [0.25, 0.3) is 11.7 Å². The molecule has 0 radical (unpaired) electrons. The van der Waals surface area contributed by atoms with Gasteiger partial charge in [-0.05, 0) is 30.3 Å². The van der Waals surface area contributed by atoms with Crippen LogP contribution in [0.5, 0.6) is 5.75 Å². The number of aromatic hydroxyl groups is 1. The summed E-state index contributed by atoms with van der Waals surface area (Å²) in [6.07, 6.45) is 2.12. The highest BCUT2D eigenvalue weighted by Crippen LogP contribution is 2.20. The molecule has 0 heterocycles. The Morgan fingerprint density at radius 3 is 2.74 bits per heavy atom. The number of benzene rings is 2. The number of carbonyl (C=O) groups is 1. The van der Waals surface area contributed by atoms with Crippen LogP contribution in [0.15, 0.2) is 65.5 Å². The van der Waals surface area contributed by atoms with Crippen LogP contribution in [-0.2, 0) is 4.79 Å². The number of para-hydroxylation sites is 1. The molecule has 0 aliphatic heterocycles. The van der Waals surface area contributed by atoms with Gasteiger partial charge < -0.3 is 15.5 Å². The van der Waals surface area contributed by atoms with E-state index < -0.39 is 11.7 Å². The van der Waals surface area contributed by atoms with Crippen molar-refractivity contribution < 1.29 is 15.0 Å². The van der Waals surface area contributed by atoms with Crippen molar-refractivity contribution in [3.63, 3.8) is 0 Å². The van der Waals surface area contributed by atoms with E-state index in [0.29, 0.717) is 23.1 Å². The molecule has 7 nitrogen and oxygen atoms in total. The Labute approximate surface area is 131 Å². The number of amides is 1. The average molecular weight is 309 g/mol. The van der Waals surface area contributed by atoms with E-state index in [1.54, 1.807) is 48.5 Å². The topological polar surface area (TPSA) is 110 Å². The average Bonchev–Trinajstić information content (AvgIpc) is 2.54. The summed E-state index contributed by atoms with van der Waals surface area (Å²) in [5, 5.41) is 29.6. The van der Waals surface area contributed by atoms with Crippen LogP contribution in [0.4, 0.5) is 11.4 Å². The Hall–Kier alpha value is -3.66. The minimum absolute atomic E-state index is 0.114. The standard InChI is InChI=1S/C16H12N4O3/c17-19-10-15(22)16(23)20-13-6-3-5-12(8-13)18-9-11-4-1-2-7-14(11)21/h1-10H,(H2-,18,20,21,22,23)/p+1/b15-10+. The van der Waals surface area contributed by atoms with E-state index in [1.165, 1.54) is 6.21 Å². The molecule has 0 aliphatic carbocycles. The predicted molar refractivity (Wildman–Crippen MR) is 86.2 cm³/mol. The van der Waals surface area contributed by atoms with Crippen LogP contribution < -0.4 is 5.32 Å². The van der Waals surface area contributed by atoms with Crippen molar-refractivity contribution in [3.8, 4) is 5.75 Å². The number of diazo groups is 1. The summed E-state index contributed by atoms with van der Waals surface area (Å²) in [4.78, 5) is 18.3. The molecule has 2 aromatic rings. The zero-order valence-corrected chi connectivity index (χ0v) is 11.9. The fourth-order valence-electron chi connectivity index (χ4n) is 1.71. The Balaban J connectivity index is 2.15. The Morgan fingerprint density at radius 2 is 2.00 bits per heavy atom. The van der Waals surface area contributed by atoms with Crippen molar-refractivity contribution in [2.24, 2.45) is 4.99 Å². The molecule has 1 amide bonds. The second-order valence-electron chi connectivity index (χ2n) is 4.45. The van der Waals surface area contributed by atoms with E-state index >= 15 is 0 Å². The first-order valence-corrected chi connectivity index (χ1v) is 6.57. The number of nitrogens with zero attached hydrogens (tertiary/aromatic N) is 3. The van der Waals surface area contributed by atoms with E-state index in [2.05, 4.69) is 15.3 Å². The number of rotatable bonds is 4. The van der Waals surface area contributed by atoms with Gasteiger partial charge in [0.2, 0.25) is 5.39 Å². The van der Waals surface area contributed by atoms with Gasteiger partial charge in [-0.3, -0.25) is 9.79 Å². The van der Waals surface area contributed by atoms with Crippen molar-refractivity contribution in [2.45, 2.75) is 0 Å². The predicted octanol–water partition coefficient (Wildman–Crippen LogP) is 3.33. The molecule has 0 atom stereocenters. The van der Waals surface area contributed by atoms with Crippen LogP contribution in [0.25, 0.3) is 4.98 Å². The second kappa shape index (κ2) is 7.38. The molecule has 0 bridgehead atoms. The fraction of sp³-hybridized carbons (Fsp3) is 0.